The Morgan fingerprint density at radius 2 is 1.80 bits per heavy atom. The number of aryl methyl sites for hydroxylation is 2. The van der Waals surface area contributed by atoms with Crippen molar-refractivity contribution in [3.8, 4) is 34.3 Å². The Morgan fingerprint density at radius 1 is 1.10 bits per heavy atom. The van der Waals surface area contributed by atoms with Crippen LogP contribution in [0.4, 0.5) is 0 Å². The molecular formula is C20H19NO8S. The Bertz CT molecular complexity index is 1230. The van der Waals surface area contributed by atoms with Crippen LogP contribution < -0.4 is 23.5 Å². The van der Waals surface area contributed by atoms with Crippen LogP contribution in [0.5, 0.6) is 23.0 Å². The van der Waals surface area contributed by atoms with Crippen LogP contribution in [0.25, 0.3) is 22.0 Å². The number of hydrogen-bond donors (Lipinski definition) is 1. The molecule has 0 saturated heterocycles. The largest absolute Gasteiger partial charge is 0.726 e. The van der Waals surface area contributed by atoms with E-state index in [9.17, 15) is 0 Å². The average molecular weight is 433 g/mol. The quantitative estimate of drug-likeness (QED) is 0.371. The van der Waals surface area contributed by atoms with Gasteiger partial charge in [0, 0.05) is 12.5 Å². The van der Waals surface area contributed by atoms with Gasteiger partial charge >= 0.3 is 0 Å². The topological polar surface area (TPSA) is 118 Å². The summed E-state index contributed by atoms with van der Waals surface area (Å²) >= 11 is 0. The minimum absolute atomic E-state index is 0.299. The van der Waals surface area contributed by atoms with Crippen LogP contribution in [0.3, 0.4) is 0 Å². The molecule has 2 aliphatic heterocycles. The van der Waals surface area contributed by atoms with Gasteiger partial charge in [-0.1, -0.05) is 0 Å². The normalized spacial score (nSPS) is 13.7. The van der Waals surface area contributed by atoms with Crippen LogP contribution in [0.15, 0.2) is 36.5 Å². The van der Waals surface area contributed by atoms with E-state index in [0.29, 0.717) is 6.79 Å². The standard InChI is InChI=1S/C20H18NO4.H2O4S/c1-22-17-4-3-12-7-16-14-9-19-18(24-11-25-19)8-13(14)5-6-21(16)10-15(12)20(17)23-2;1-5(2,3)4/h3-4,7-10H,5-6,11H2,1-2H3;(H2,1,2,3,4)/q+1;/p-1. The fourth-order valence-electron chi connectivity index (χ4n) is 3.77. The van der Waals surface area contributed by atoms with Gasteiger partial charge in [0.2, 0.25) is 22.9 Å². The van der Waals surface area contributed by atoms with Gasteiger partial charge in [-0.3, -0.25) is 4.55 Å². The molecule has 0 amide bonds. The highest BCUT2D eigenvalue weighted by atomic mass is 32.3. The highest BCUT2D eigenvalue weighted by molar-refractivity contribution is 7.79. The summed E-state index contributed by atoms with van der Waals surface area (Å²) in [6.07, 6.45) is 3.11. The van der Waals surface area contributed by atoms with Crippen molar-refractivity contribution in [1.82, 2.24) is 0 Å². The SMILES string of the molecule is COc1ccc2cc3[n+](cc2c1OC)CCc1cc2c(cc1-3)OCO2.O=S(=O)([O-])O. The molecule has 0 spiro atoms. The zero-order valence-electron chi connectivity index (χ0n) is 16.2. The van der Waals surface area contributed by atoms with Crippen LogP contribution in [-0.4, -0.2) is 38.5 Å². The van der Waals surface area contributed by atoms with Gasteiger partial charge in [0.25, 0.3) is 0 Å². The summed E-state index contributed by atoms with van der Waals surface area (Å²) in [4.78, 5) is 0. The summed E-state index contributed by atoms with van der Waals surface area (Å²) in [7, 11) is -1.58. The third-order valence-corrected chi connectivity index (χ3v) is 5.00. The molecule has 1 aromatic heterocycles. The first-order chi connectivity index (χ1) is 14.3. The maximum absolute atomic E-state index is 8.63. The number of hydrogen-bond acceptors (Lipinski definition) is 7. The van der Waals surface area contributed by atoms with Crippen molar-refractivity contribution in [3.05, 3.63) is 42.1 Å². The fourth-order valence-corrected chi connectivity index (χ4v) is 3.77. The van der Waals surface area contributed by atoms with E-state index in [1.54, 1.807) is 14.2 Å². The minimum atomic E-state index is -4.92. The maximum Gasteiger partial charge on any atom is 0.231 e. The Labute approximate surface area is 173 Å². The Kier molecular flexibility index (Phi) is 5.14. The van der Waals surface area contributed by atoms with Gasteiger partial charge in [-0.2, -0.15) is 4.57 Å². The number of benzene rings is 2. The molecule has 2 aromatic carbocycles. The summed E-state index contributed by atoms with van der Waals surface area (Å²) in [6, 6.07) is 10.4. The second-order valence-electron chi connectivity index (χ2n) is 6.70. The number of rotatable bonds is 2. The number of pyridine rings is 1. The molecule has 158 valence electrons. The Balaban J connectivity index is 0.000000393. The van der Waals surface area contributed by atoms with Gasteiger partial charge in [0.15, 0.2) is 35.7 Å². The molecule has 0 unspecified atom stereocenters. The van der Waals surface area contributed by atoms with Crippen molar-refractivity contribution in [1.29, 1.82) is 0 Å². The van der Waals surface area contributed by atoms with Crippen molar-refractivity contribution in [2.24, 2.45) is 0 Å². The first-order valence-corrected chi connectivity index (χ1v) is 10.3. The van der Waals surface area contributed by atoms with Gasteiger partial charge in [-0.05, 0) is 35.2 Å². The summed E-state index contributed by atoms with van der Waals surface area (Å²) in [6.45, 7) is 1.21. The van der Waals surface area contributed by atoms with Gasteiger partial charge in [0.05, 0.1) is 25.2 Å². The third kappa shape index (κ3) is 3.84. The molecule has 10 heteroatoms. The van der Waals surface area contributed by atoms with E-state index in [4.69, 9.17) is 36.5 Å². The van der Waals surface area contributed by atoms with Crippen LogP contribution in [0.2, 0.25) is 0 Å². The predicted molar refractivity (Wildman–Crippen MR) is 105 cm³/mol. The summed E-state index contributed by atoms with van der Waals surface area (Å²) < 4.78 is 57.2. The van der Waals surface area contributed by atoms with E-state index in [2.05, 4.69) is 35.0 Å². The van der Waals surface area contributed by atoms with Crippen molar-refractivity contribution in [3.63, 3.8) is 0 Å². The molecule has 0 atom stereocenters. The molecule has 9 nitrogen and oxygen atoms in total. The zero-order chi connectivity index (χ0) is 21.5. The molecule has 2 aliphatic rings. The van der Waals surface area contributed by atoms with E-state index >= 15 is 0 Å². The molecule has 0 saturated carbocycles. The molecule has 0 bridgehead atoms. The third-order valence-electron chi connectivity index (χ3n) is 5.00. The van der Waals surface area contributed by atoms with Gasteiger partial charge in [-0.15, -0.1) is 0 Å². The highest BCUT2D eigenvalue weighted by Gasteiger charge is 2.28. The van der Waals surface area contributed by atoms with Crippen LogP contribution in [-0.2, 0) is 23.4 Å². The molecular weight excluding hydrogens is 414 g/mol. The monoisotopic (exact) mass is 433 g/mol. The highest BCUT2D eigenvalue weighted by Crippen LogP contribution is 2.41. The van der Waals surface area contributed by atoms with Crippen molar-refractivity contribution in [2.45, 2.75) is 13.0 Å². The average Bonchev–Trinajstić information content (AvgIpc) is 3.16. The van der Waals surface area contributed by atoms with Gasteiger partial charge in [0.1, 0.15) is 0 Å². The van der Waals surface area contributed by atoms with Crippen molar-refractivity contribution in [2.75, 3.05) is 21.0 Å². The van der Waals surface area contributed by atoms with Crippen molar-refractivity contribution >= 4 is 21.2 Å². The van der Waals surface area contributed by atoms with Gasteiger partial charge in [-0.25, -0.2) is 8.42 Å². The predicted octanol–water partition coefficient (Wildman–Crippen LogP) is 2.10. The van der Waals surface area contributed by atoms with E-state index in [1.165, 1.54) is 16.8 Å². The number of ether oxygens (including phenoxy) is 4. The van der Waals surface area contributed by atoms with Crippen molar-refractivity contribution < 1.29 is 41.0 Å². The Morgan fingerprint density at radius 3 is 2.47 bits per heavy atom. The lowest BCUT2D eigenvalue weighted by Gasteiger charge is -2.17. The zero-order valence-corrected chi connectivity index (χ0v) is 17.1. The maximum atomic E-state index is 8.63. The lowest BCUT2D eigenvalue weighted by Crippen LogP contribution is -2.40. The number of fused-ring (bicyclic) bond motifs is 5. The van der Waals surface area contributed by atoms with Crippen LogP contribution in [0, 0.1) is 0 Å². The summed E-state index contributed by atoms with van der Waals surface area (Å²) in [5, 5.41) is 2.17. The number of nitrogens with zero attached hydrogens (tertiary/aromatic N) is 1. The first-order valence-electron chi connectivity index (χ1n) is 8.98. The number of methoxy groups -OCH3 is 2. The fraction of sp³-hybridized carbons (Fsp3) is 0.250. The van der Waals surface area contributed by atoms with E-state index in [0.717, 1.165) is 46.7 Å². The smallest absolute Gasteiger partial charge is 0.231 e. The molecule has 0 radical (unpaired) electrons. The van der Waals surface area contributed by atoms with E-state index in [1.807, 2.05) is 6.07 Å². The lowest BCUT2D eigenvalue weighted by atomic mass is 9.95. The van der Waals surface area contributed by atoms with E-state index in [-0.39, 0.29) is 0 Å². The molecule has 5 rings (SSSR count). The summed E-state index contributed by atoms with van der Waals surface area (Å²) in [5.74, 6) is 3.18. The molecule has 1 N–H and O–H groups in total. The Hall–Kier alpha value is -3.08. The summed E-state index contributed by atoms with van der Waals surface area (Å²) in [5.41, 5.74) is 3.68. The second kappa shape index (κ2) is 7.63. The lowest BCUT2D eigenvalue weighted by molar-refractivity contribution is -0.686. The molecule has 30 heavy (non-hydrogen) atoms. The minimum Gasteiger partial charge on any atom is -0.726 e. The molecule has 0 fully saturated rings. The van der Waals surface area contributed by atoms with Crippen LogP contribution in [0.1, 0.15) is 5.56 Å². The second-order valence-corrected chi connectivity index (χ2v) is 7.55. The molecule has 0 aliphatic carbocycles. The number of aromatic nitrogens is 1. The molecule has 3 aromatic rings. The molecule has 3 heterocycles. The first kappa shape index (κ1) is 20.2. The van der Waals surface area contributed by atoms with Crippen LogP contribution >= 0.6 is 0 Å². The van der Waals surface area contributed by atoms with Gasteiger partial charge < -0.3 is 23.5 Å². The van der Waals surface area contributed by atoms with E-state index < -0.39 is 10.4 Å².